The van der Waals surface area contributed by atoms with E-state index in [0.717, 1.165) is 23.3 Å². The highest BCUT2D eigenvalue weighted by Crippen LogP contribution is 2.29. The zero-order chi connectivity index (χ0) is 16.9. The Bertz CT molecular complexity index is 698. The van der Waals surface area contributed by atoms with Gasteiger partial charge >= 0.3 is 6.18 Å². The van der Waals surface area contributed by atoms with Crippen molar-refractivity contribution < 1.29 is 18.0 Å². The third-order valence-corrected chi connectivity index (χ3v) is 3.58. The number of benzene rings is 2. The summed E-state index contributed by atoms with van der Waals surface area (Å²) in [5.74, 6) is 0.357. The summed E-state index contributed by atoms with van der Waals surface area (Å²) >= 11 is 5.83. The Balaban J connectivity index is 2.09. The minimum Gasteiger partial charge on any atom is -0.391 e. The molecule has 0 bridgehead atoms. The van der Waals surface area contributed by atoms with Gasteiger partial charge in [0, 0.05) is 5.88 Å². The van der Waals surface area contributed by atoms with Crippen LogP contribution in [0.15, 0.2) is 53.7 Å². The van der Waals surface area contributed by atoms with Crippen LogP contribution in [0.5, 0.6) is 0 Å². The average molecular weight is 342 g/mol. The van der Waals surface area contributed by atoms with Crippen molar-refractivity contribution in [2.24, 2.45) is 5.16 Å². The maximum Gasteiger partial charge on any atom is 0.416 e. The van der Waals surface area contributed by atoms with E-state index in [4.69, 9.17) is 16.4 Å². The second-order valence-electron chi connectivity index (χ2n) is 4.93. The number of nitrogens with zero attached hydrogens (tertiary/aromatic N) is 1. The van der Waals surface area contributed by atoms with Crippen LogP contribution in [-0.2, 0) is 23.5 Å². The summed E-state index contributed by atoms with van der Waals surface area (Å²) in [6, 6.07) is 12.5. The summed E-state index contributed by atoms with van der Waals surface area (Å²) in [6.07, 6.45) is -4.38. The molecular formula is C17H15ClF3NO. The van der Waals surface area contributed by atoms with Gasteiger partial charge in [-0.1, -0.05) is 41.6 Å². The fourth-order valence-corrected chi connectivity index (χ4v) is 2.26. The third kappa shape index (κ3) is 4.73. The maximum atomic E-state index is 12.7. The summed E-state index contributed by atoms with van der Waals surface area (Å²) in [4.78, 5) is 5.25. The Morgan fingerprint density at radius 2 is 1.78 bits per heavy atom. The fourth-order valence-electron chi connectivity index (χ4n) is 2.00. The molecule has 23 heavy (non-hydrogen) atoms. The van der Waals surface area contributed by atoms with Crippen LogP contribution < -0.4 is 0 Å². The molecule has 2 rings (SSSR count). The van der Waals surface area contributed by atoms with E-state index in [-0.39, 0.29) is 6.61 Å². The van der Waals surface area contributed by atoms with Gasteiger partial charge < -0.3 is 4.84 Å². The van der Waals surface area contributed by atoms with Crippen molar-refractivity contribution in [1.82, 2.24) is 0 Å². The molecule has 0 saturated heterocycles. The quantitative estimate of drug-likeness (QED) is 0.406. The molecule has 0 atom stereocenters. The lowest BCUT2D eigenvalue weighted by molar-refractivity contribution is -0.137. The van der Waals surface area contributed by atoms with Crippen molar-refractivity contribution in [1.29, 1.82) is 0 Å². The van der Waals surface area contributed by atoms with E-state index in [1.165, 1.54) is 6.07 Å². The summed E-state index contributed by atoms with van der Waals surface area (Å²) < 4.78 is 38.1. The molecule has 122 valence electrons. The number of hydrogen-bond donors (Lipinski definition) is 0. The van der Waals surface area contributed by atoms with E-state index < -0.39 is 11.7 Å². The van der Waals surface area contributed by atoms with Crippen molar-refractivity contribution >= 4 is 17.3 Å². The Morgan fingerprint density at radius 1 is 1.09 bits per heavy atom. The second kappa shape index (κ2) is 7.51. The molecule has 2 nitrogen and oxygen atoms in total. The van der Waals surface area contributed by atoms with Crippen molar-refractivity contribution in [3.8, 4) is 0 Å². The lowest BCUT2D eigenvalue weighted by Gasteiger charge is -2.09. The predicted octanol–water partition coefficient (Wildman–Crippen LogP) is 5.39. The number of halogens is 4. The molecular weight excluding hydrogens is 327 g/mol. The van der Waals surface area contributed by atoms with Crippen molar-refractivity contribution in [2.45, 2.75) is 25.6 Å². The van der Waals surface area contributed by atoms with Gasteiger partial charge in [0.15, 0.2) is 0 Å². The third-order valence-electron chi connectivity index (χ3n) is 3.29. The number of rotatable bonds is 5. The zero-order valence-corrected chi connectivity index (χ0v) is 13.2. The molecule has 0 N–H and O–H groups in total. The normalized spacial score (nSPS) is 12.3. The highest BCUT2D eigenvalue weighted by molar-refractivity contribution is 6.17. The Kier molecular flexibility index (Phi) is 5.66. The Morgan fingerprint density at radius 3 is 2.43 bits per heavy atom. The topological polar surface area (TPSA) is 21.6 Å². The molecule has 0 aliphatic heterocycles. The van der Waals surface area contributed by atoms with E-state index >= 15 is 0 Å². The lowest BCUT2D eigenvalue weighted by atomic mass is 10.1. The Hall–Kier alpha value is -2.01. The highest BCUT2D eigenvalue weighted by Gasteiger charge is 2.30. The van der Waals surface area contributed by atoms with Crippen molar-refractivity contribution in [3.05, 3.63) is 70.8 Å². The zero-order valence-electron chi connectivity index (χ0n) is 12.4. The van der Waals surface area contributed by atoms with Gasteiger partial charge in [-0.3, -0.25) is 0 Å². The largest absolute Gasteiger partial charge is 0.416 e. The molecule has 0 radical (unpaired) electrons. The van der Waals surface area contributed by atoms with Crippen LogP contribution in [0.3, 0.4) is 0 Å². The molecule has 0 aliphatic rings. The van der Waals surface area contributed by atoms with Crippen LogP contribution >= 0.6 is 11.6 Å². The molecule has 2 aromatic rings. The first-order valence-corrected chi connectivity index (χ1v) is 7.42. The molecule has 0 aliphatic carbocycles. The summed E-state index contributed by atoms with van der Waals surface area (Å²) in [6.45, 7) is 1.81. The van der Waals surface area contributed by atoms with Crippen LogP contribution in [-0.4, -0.2) is 5.71 Å². The van der Waals surface area contributed by atoms with E-state index in [0.29, 0.717) is 17.2 Å². The molecule has 0 amide bonds. The van der Waals surface area contributed by atoms with Crippen molar-refractivity contribution in [2.75, 3.05) is 0 Å². The molecule has 6 heteroatoms. The Labute approximate surface area is 137 Å². The maximum absolute atomic E-state index is 12.7. The molecule has 0 fully saturated rings. The van der Waals surface area contributed by atoms with Crippen LogP contribution in [0.2, 0.25) is 0 Å². The van der Waals surface area contributed by atoms with Crippen LogP contribution in [0.25, 0.3) is 0 Å². The van der Waals surface area contributed by atoms with Crippen molar-refractivity contribution in [3.63, 3.8) is 0 Å². The van der Waals surface area contributed by atoms with Gasteiger partial charge in [0.1, 0.15) is 6.61 Å². The van der Waals surface area contributed by atoms with Crippen LogP contribution in [0.4, 0.5) is 13.2 Å². The SMILES string of the molecule is CC(=NOCc1ccccc1CCl)c1cccc(C(F)(F)F)c1. The summed E-state index contributed by atoms with van der Waals surface area (Å²) in [7, 11) is 0. The van der Waals surface area contributed by atoms with Gasteiger partial charge in [-0.2, -0.15) is 13.2 Å². The van der Waals surface area contributed by atoms with Gasteiger partial charge in [0.05, 0.1) is 11.3 Å². The van der Waals surface area contributed by atoms with Gasteiger partial charge in [-0.15, -0.1) is 11.6 Å². The summed E-state index contributed by atoms with van der Waals surface area (Å²) in [5, 5.41) is 3.89. The molecule has 0 unspecified atom stereocenters. The molecule has 0 saturated carbocycles. The minimum absolute atomic E-state index is 0.208. The fraction of sp³-hybridized carbons (Fsp3) is 0.235. The predicted molar refractivity (Wildman–Crippen MR) is 84.4 cm³/mol. The lowest BCUT2D eigenvalue weighted by Crippen LogP contribution is -2.07. The smallest absolute Gasteiger partial charge is 0.391 e. The second-order valence-corrected chi connectivity index (χ2v) is 5.20. The van der Waals surface area contributed by atoms with E-state index in [2.05, 4.69) is 5.16 Å². The molecule has 0 aromatic heterocycles. The van der Waals surface area contributed by atoms with E-state index in [1.807, 2.05) is 24.3 Å². The average Bonchev–Trinajstić information content (AvgIpc) is 2.54. The molecule has 0 spiro atoms. The summed E-state index contributed by atoms with van der Waals surface area (Å²) in [5.41, 5.74) is 1.85. The monoisotopic (exact) mass is 341 g/mol. The first-order chi connectivity index (χ1) is 10.9. The van der Waals surface area contributed by atoms with Gasteiger partial charge in [-0.05, 0) is 35.7 Å². The highest BCUT2D eigenvalue weighted by atomic mass is 35.5. The minimum atomic E-state index is -4.38. The van der Waals surface area contributed by atoms with Crippen LogP contribution in [0, 0.1) is 0 Å². The molecule has 0 heterocycles. The van der Waals surface area contributed by atoms with E-state index in [1.54, 1.807) is 13.0 Å². The number of alkyl halides is 4. The van der Waals surface area contributed by atoms with Gasteiger partial charge in [-0.25, -0.2) is 0 Å². The van der Waals surface area contributed by atoms with Gasteiger partial charge in [0.2, 0.25) is 0 Å². The number of hydrogen-bond acceptors (Lipinski definition) is 2. The molecule has 2 aromatic carbocycles. The standard InChI is InChI=1S/C17H15ClF3NO/c1-12(13-7-4-8-16(9-13)17(19,20)21)22-23-11-15-6-3-2-5-14(15)10-18/h2-9H,10-11H2,1H3. The van der Waals surface area contributed by atoms with E-state index in [9.17, 15) is 13.2 Å². The first-order valence-electron chi connectivity index (χ1n) is 6.88. The first kappa shape index (κ1) is 17.3. The van der Waals surface area contributed by atoms with Crippen LogP contribution in [0.1, 0.15) is 29.2 Å². The number of oxime groups is 1. The van der Waals surface area contributed by atoms with Gasteiger partial charge in [0.25, 0.3) is 0 Å².